The Kier molecular flexibility index (Phi) is 46.4. The number of rotatable bonds is 47. The summed E-state index contributed by atoms with van der Waals surface area (Å²) in [5.74, 6) is -0.825. The highest BCUT2D eigenvalue weighted by Gasteiger charge is 2.26. The first kappa shape index (κ1) is 59.7. The minimum Gasteiger partial charge on any atom is -0.462 e. The van der Waals surface area contributed by atoms with Gasteiger partial charge in [0.15, 0.2) is 6.10 Å². The zero-order valence-corrected chi connectivity index (χ0v) is 40.7. The van der Waals surface area contributed by atoms with Crippen LogP contribution in [-0.4, -0.2) is 49.3 Å². The van der Waals surface area contributed by atoms with Gasteiger partial charge in [-0.1, -0.05) is 216 Å². The molecule has 2 atom stereocenters. The summed E-state index contributed by atoms with van der Waals surface area (Å²) in [7, 11) is -4.38. The van der Waals surface area contributed by atoms with Crippen LogP contribution in [0.3, 0.4) is 0 Å². The average molecular weight is 892 g/mol. The molecule has 0 rings (SSSR count). The van der Waals surface area contributed by atoms with Crippen molar-refractivity contribution < 1.29 is 37.6 Å². The van der Waals surface area contributed by atoms with Gasteiger partial charge in [0.2, 0.25) is 0 Å². The van der Waals surface area contributed by atoms with Crippen LogP contribution in [0.25, 0.3) is 0 Å². The van der Waals surface area contributed by atoms with Crippen molar-refractivity contribution in [2.24, 2.45) is 5.73 Å². The number of esters is 2. The second-order valence-corrected chi connectivity index (χ2v) is 18.1. The van der Waals surface area contributed by atoms with Crippen molar-refractivity contribution in [3.8, 4) is 0 Å². The molecule has 0 fully saturated rings. The largest absolute Gasteiger partial charge is 0.472 e. The van der Waals surface area contributed by atoms with E-state index in [1.54, 1.807) is 0 Å². The summed E-state index contributed by atoms with van der Waals surface area (Å²) in [6.07, 6.45) is 58.5. The van der Waals surface area contributed by atoms with Gasteiger partial charge in [0.25, 0.3) is 0 Å². The number of nitrogens with two attached hydrogens (primary N) is 1. The lowest BCUT2D eigenvalue weighted by Crippen LogP contribution is -2.29. The number of carbonyl (C=O) groups is 2. The quantitative estimate of drug-likeness (QED) is 0.0265. The maximum Gasteiger partial charge on any atom is 0.472 e. The molecular weight excluding hydrogens is 798 g/mol. The molecule has 0 saturated carbocycles. The molecular formula is C52H94NO8P. The molecule has 0 aliphatic rings. The van der Waals surface area contributed by atoms with Crippen molar-refractivity contribution in [1.29, 1.82) is 0 Å². The van der Waals surface area contributed by atoms with Crippen LogP contribution in [-0.2, 0) is 32.7 Å². The van der Waals surface area contributed by atoms with E-state index in [1.807, 2.05) is 0 Å². The molecule has 0 spiro atoms. The van der Waals surface area contributed by atoms with E-state index in [0.29, 0.717) is 6.42 Å². The Morgan fingerprint density at radius 2 is 0.887 bits per heavy atom. The number of carbonyl (C=O) groups excluding carboxylic acids is 2. The molecule has 0 amide bonds. The van der Waals surface area contributed by atoms with E-state index in [4.69, 9.17) is 24.3 Å². The zero-order chi connectivity index (χ0) is 45.3. The summed E-state index contributed by atoms with van der Waals surface area (Å²) < 4.78 is 32.8. The number of hydrogen-bond donors (Lipinski definition) is 2. The SMILES string of the molecule is CC/C=C\C/C=C\C/C=C\C/C=C\C/C=C\CCCCCCCCCCCCCCCCCC(=O)OC(COC(=O)CCCCCCCCCCCC)COP(=O)(O)OCCN. The third-order valence-electron chi connectivity index (χ3n) is 10.7. The van der Waals surface area contributed by atoms with Gasteiger partial charge in [-0.05, 0) is 57.8 Å². The van der Waals surface area contributed by atoms with E-state index in [1.165, 1.54) is 122 Å². The van der Waals surface area contributed by atoms with Crippen molar-refractivity contribution in [3.05, 3.63) is 60.8 Å². The van der Waals surface area contributed by atoms with Crippen molar-refractivity contribution in [3.63, 3.8) is 0 Å². The Morgan fingerprint density at radius 3 is 1.32 bits per heavy atom. The van der Waals surface area contributed by atoms with Crippen LogP contribution >= 0.6 is 7.82 Å². The molecule has 0 aliphatic carbocycles. The molecule has 0 radical (unpaired) electrons. The van der Waals surface area contributed by atoms with Crippen LogP contribution in [0.2, 0.25) is 0 Å². The lowest BCUT2D eigenvalue weighted by Gasteiger charge is -2.19. The van der Waals surface area contributed by atoms with Gasteiger partial charge >= 0.3 is 19.8 Å². The number of hydrogen-bond acceptors (Lipinski definition) is 8. The monoisotopic (exact) mass is 892 g/mol. The molecule has 0 aromatic carbocycles. The van der Waals surface area contributed by atoms with Gasteiger partial charge in [-0.25, -0.2) is 4.57 Å². The van der Waals surface area contributed by atoms with E-state index in [9.17, 15) is 19.0 Å². The highest BCUT2D eigenvalue weighted by molar-refractivity contribution is 7.47. The fourth-order valence-corrected chi connectivity index (χ4v) is 7.72. The topological polar surface area (TPSA) is 134 Å². The molecule has 0 aromatic heterocycles. The Labute approximate surface area is 380 Å². The highest BCUT2D eigenvalue weighted by atomic mass is 31.2. The molecule has 10 heteroatoms. The first-order valence-electron chi connectivity index (χ1n) is 25.3. The van der Waals surface area contributed by atoms with Gasteiger partial charge in [-0.2, -0.15) is 0 Å². The third-order valence-corrected chi connectivity index (χ3v) is 11.7. The number of phosphoric ester groups is 1. The number of unbranched alkanes of at least 4 members (excludes halogenated alkanes) is 24. The molecule has 62 heavy (non-hydrogen) atoms. The van der Waals surface area contributed by atoms with Crippen molar-refractivity contribution in [2.45, 2.75) is 232 Å². The summed E-state index contributed by atoms with van der Waals surface area (Å²) >= 11 is 0. The van der Waals surface area contributed by atoms with E-state index in [-0.39, 0.29) is 38.6 Å². The summed E-state index contributed by atoms with van der Waals surface area (Å²) in [5.41, 5.74) is 5.35. The van der Waals surface area contributed by atoms with Crippen LogP contribution in [0.15, 0.2) is 60.8 Å². The summed E-state index contributed by atoms with van der Waals surface area (Å²) in [6, 6.07) is 0. The lowest BCUT2D eigenvalue weighted by atomic mass is 10.0. The second-order valence-electron chi connectivity index (χ2n) is 16.7. The normalized spacial score (nSPS) is 13.7. The molecule has 3 N–H and O–H groups in total. The van der Waals surface area contributed by atoms with E-state index >= 15 is 0 Å². The van der Waals surface area contributed by atoms with E-state index < -0.39 is 26.5 Å². The molecule has 0 heterocycles. The molecule has 0 saturated heterocycles. The molecule has 0 aliphatic heterocycles. The molecule has 360 valence electrons. The Bertz CT molecular complexity index is 1200. The lowest BCUT2D eigenvalue weighted by molar-refractivity contribution is -0.161. The number of ether oxygens (including phenoxy) is 2. The second kappa shape index (κ2) is 48.2. The minimum absolute atomic E-state index is 0.0535. The van der Waals surface area contributed by atoms with Crippen molar-refractivity contribution >= 4 is 19.8 Å². The van der Waals surface area contributed by atoms with E-state index in [2.05, 4.69) is 74.6 Å². The fraction of sp³-hybridized carbons (Fsp3) is 0.769. The Hall–Kier alpha value is -2.29. The summed E-state index contributed by atoms with van der Waals surface area (Å²) in [6.45, 7) is 3.62. The highest BCUT2D eigenvalue weighted by Crippen LogP contribution is 2.43. The maximum absolute atomic E-state index is 12.6. The van der Waals surface area contributed by atoms with E-state index in [0.717, 1.165) is 70.6 Å². The van der Waals surface area contributed by atoms with Crippen LogP contribution < -0.4 is 5.73 Å². The molecule has 2 unspecified atom stereocenters. The van der Waals surface area contributed by atoms with Gasteiger partial charge in [-0.15, -0.1) is 0 Å². The minimum atomic E-state index is -4.38. The molecule has 9 nitrogen and oxygen atoms in total. The smallest absolute Gasteiger partial charge is 0.462 e. The van der Waals surface area contributed by atoms with Crippen LogP contribution in [0.4, 0.5) is 0 Å². The standard InChI is InChI=1S/C52H94NO8P/c1-3-5-7-9-11-13-15-16-17-18-19-20-21-22-23-24-25-26-27-28-29-30-31-32-33-34-35-37-39-41-43-45-52(55)61-50(49-60-62(56,57)59-47-46-53)48-58-51(54)44-42-40-38-36-14-12-10-8-6-4-2/h5,7,11,13,16-17,19-20,22-23,50H,3-4,6,8-10,12,14-15,18,21,24-49,53H2,1-2H3,(H,56,57)/b7-5-,13-11-,17-16-,20-19-,23-22-. The van der Waals surface area contributed by atoms with Gasteiger partial charge in [0.05, 0.1) is 13.2 Å². The van der Waals surface area contributed by atoms with Gasteiger partial charge in [0.1, 0.15) is 6.61 Å². The fourth-order valence-electron chi connectivity index (χ4n) is 6.96. The number of allylic oxidation sites excluding steroid dienone is 10. The Balaban J connectivity index is 3.90. The van der Waals surface area contributed by atoms with Gasteiger partial charge in [0, 0.05) is 19.4 Å². The van der Waals surface area contributed by atoms with Gasteiger partial charge in [-0.3, -0.25) is 18.6 Å². The maximum atomic E-state index is 12.6. The predicted octanol–water partition coefficient (Wildman–Crippen LogP) is 15.2. The van der Waals surface area contributed by atoms with Gasteiger partial charge < -0.3 is 20.1 Å². The van der Waals surface area contributed by atoms with Crippen molar-refractivity contribution in [1.82, 2.24) is 0 Å². The summed E-state index contributed by atoms with van der Waals surface area (Å²) in [4.78, 5) is 34.9. The predicted molar refractivity (Wildman–Crippen MR) is 261 cm³/mol. The first-order chi connectivity index (χ1) is 30.3. The zero-order valence-electron chi connectivity index (χ0n) is 39.8. The van der Waals surface area contributed by atoms with Crippen LogP contribution in [0.1, 0.15) is 226 Å². The van der Waals surface area contributed by atoms with Crippen LogP contribution in [0.5, 0.6) is 0 Å². The Morgan fingerprint density at radius 1 is 0.500 bits per heavy atom. The first-order valence-corrected chi connectivity index (χ1v) is 26.8. The van der Waals surface area contributed by atoms with Crippen molar-refractivity contribution in [2.75, 3.05) is 26.4 Å². The third kappa shape index (κ3) is 47.2. The van der Waals surface area contributed by atoms with Crippen LogP contribution in [0, 0.1) is 0 Å². The average Bonchev–Trinajstić information content (AvgIpc) is 3.26. The molecule has 0 aromatic rings. The molecule has 0 bridgehead atoms. The summed E-state index contributed by atoms with van der Waals surface area (Å²) in [5, 5.41) is 0. The number of phosphoric acid groups is 1.